The number of nitrogens with one attached hydrogen (secondary N) is 1. The first kappa shape index (κ1) is 12.2. The molecule has 3 nitrogen and oxygen atoms in total. The maximum Gasteiger partial charge on any atom is 0.262 e. The monoisotopic (exact) mass is 253 g/mol. The van der Waals surface area contributed by atoms with Gasteiger partial charge in [0.05, 0.1) is 11.1 Å². The Hall–Kier alpha value is -1.22. The number of rotatable bonds is 3. The SMILES string of the molecule is CC(C)CC(Cl)c1ccc2c(c1)NC(=O)CO2. The van der Waals surface area contributed by atoms with E-state index >= 15 is 0 Å². The highest BCUT2D eigenvalue weighted by atomic mass is 35.5. The molecule has 0 aliphatic carbocycles. The van der Waals surface area contributed by atoms with Crippen molar-refractivity contribution in [1.82, 2.24) is 0 Å². The van der Waals surface area contributed by atoms with E-state index in [0.29, 0.717) is 17.4 Å². The maximum absolute atomic E-state index is 11.2. The highest BCUT2D eigenvalue weighted by Crippen LogP contribution is 2.34. The van der Waals surface area contributed by atoms with Crippen molar-refractivity contribution in [2.24, 2.45) is 5.92 Å². The van der Waals surface area contributed by atoms with Crippen molar-refractivity contribution in [1.29, 1.82) is 0 Å². The van der Waals surface area contributed by atoms with Crippen LogP contribution in [0.5, 0.6) is 5.75 Å². The fraction of sp³-hybridized carbons (Fsp3) is 0.462. The molecule has 4 heteroatoms. The number of alkyl halides is 1. The lowest BCUT2D eigenvalue weighted by Crippen LogP contribution is -2.25. The van der Waals surface area contributed by atoms with E-state index in [9.17, 15) is 4.79 Å². The molecule has 1 aliphatic rings. The highest BCUT2D eigenvalue weighted by molar-refractivity contribution is 6.20. The Morgan fingerprint density at radius 1 is 1.47 bits per heavy atom. The standard InChI is InChI=1S/C13H16ClNO2/c1-8(2)5-10(14)9-3-4-12-11(6-9)15-13(16)7-17-12/h3-4,6,8,10H,5,7H2,1-2H3,(H,15,16). The number of anilines is 1. The quantitative estimate of drug-likeness (QED) is 0.839. The Balaban J connectivity index is 2.20. The van der Waals surface area contributed by atoms with E-state index in [0.717, 1.165) is 12.0 Å². The molecule has 0 saturated carbocycles. The molecule has 17 heavy (non-hydrogen) atoms. The second-order valence-corrected chi connectivity index (χ2v) is 5.22. The third kappa shape index (κ3) is 2.91. The molecule has 2 rings (SSSR count). The van der Waals surface area contributed by atoms with Crippen LogP contribution in [-0.4, -0.2) is 12.5 Å². The Kier molecular flexibility index (Phi) is 3.57. The van der Waals surface area contributed by atoms with Crippen LogP contribution in [-0.2, 0) is 4.79 Å². The van der Waals surface area contributed by atoms with Gasteiger partial charge in [-0.3, -0.25) is 4.79 Å². The average molecular weight is 254 g/mol. The van der Waals surface area contributed by atoms with Crippen molar-refractivity contribution in [2.75, 3.05) is 11.9 Å². The van der Waals surface area contributed by atoms with Gasteiger partial charge in [0.25, 0.3) is 5.91 Å². The second-order valence-electron chi connectivity index (χ2n) is 4.69. The van der Waals surface area contributed by atoms with Crippen molar-refractivity contribution >= 4 is 23.2 Å². The van der Waals surface area contributed by atoms with Crippen LogP contribution >= 0.6 is 11.6 Å². The topological polar surface area (TPSA) is 38.3 Å². The van der Waals surface area contributed by atoms with Gasteiger partial charge in [-0.05, 0) is 30.0 Å². The molecular formula is C13H16ClNO2. The van der Waals surface area contributed by atoms with E-state index in [4.69, 9.17) is 16.3 Å². The molecule has 92 valence electrons. The zero-order chi connectivity index (χ0) is 12.4. The van der Waals surface area contributed by atoms with Crippen LogP contribution in [0, 0.1) is 5.92 Å². The number of benzene rings is 1. The van der Waals surface area contributed by atoms with E-state index < -0.39 is 0 Å². The summed E-state index contributed by atoms with van der Waals surface area (Å²) in [5.41, 5.74) is 1.73. The van der Waals surface area contributed by atoms with Crippen molar-refractivity contribution in [2.45, 2.75) is 25.6 Å². The van der Waals surface area contributed by atoms with E-state index in [1.54, 1.807) is 0 Å². The van der Waals surface area contributed by atoms with E-state index in [1.165, 1.54) is 0 Å². The molecule has 0 spiro atoms. The Morgan fingerprint density at radius 3 is 2.94 bits per heavy atom. The molecule has 0 fully saturated rings. The van der Waals surface area contributed by atoms with Gasteiger partial charge in [0.2, 0.25) is 0 Å². The largest absolute Gasteiger partial charge is 0.482 e. The number of hydrogen-bond acceptors (Lipinski definition) is 2. The predicted molar refractivity (Wildman–Crippen MR) is 68.6 cm³/mol. The number of amides is 1. The van der Waals surface area contributed by atoms with Crippen molar-refractivity contribution in [3.63, 3.8) is 0 Å². The normalized spacial score (nSPS) is 16.1. The van der Waals surface area contributed by atoms with Crippen LogP contribution in [0.25, 0.3) is 0 Å². The Morgan fingerprint density at radius 2 is 2.24 bits per heavy atom. The molecule has 1 atom stereocenters. The van der Waals surface area contributed by atoms with Crippen LogP contribution in [0.4, 0.5) is 5.69 Å². The predicted octanol–water partition coefficient (Wildman–Crippen LogP) is 3.34. The lowest BCUT2D eigenvalue weighted by molar-refractivity contribution is -0.118. The van der Waals surface area contributed by atoms with Crippen LogP contribution in [0.2, 0.25) is 0 Å². The summed E-state index contributed by atoms with van der Waals surface area (Å²) in [6.45, 7) is 4.36. The van der Waals surface area contributed by atoms with Gasteiger partial charge in [-0.2, -0.15) is 0 Å². The third-order valence-electron chi connectivity index (χ3n) is 2.68. The van der Waals surface area contributed by atoms with Gasteiger partial charge in [-0.1, -0.05) is 19.9 Å². The van der Waals surface area contributed by atoms with Gasteiger partial charge in [0, 0.05) is 0 Å². The Labute approximate surface area is 106 Å². The lowest BCUT2D eigenvalue weighted by atomic mass is 10.0. The molecule has 0 saturated heterocycles. The molecule has 0 aromatic heterocycles. The number of carbonyl (C=O) groups is 1. The summed E-state index contributed by atoms with van der Waals surface area (Å²) >= 11 is 6.33. The summed E-state index contributed by atoms with van der Waals surface area (Å²) in [5.74, 6) is 1.13. The number of carbonyl (C=O) groups excluding carboxylic acids is 1. The zero-order valence-corrected chi connectivity index (χ0v) is 10.8. The average Bonchev–Trinajstić information content (AvgIpc) is 2.27. The third-order valence-corrected chi connectivity index (χ3v) is 3.11. The first-order valence-corrected chi connectivity index (χ1v) is 6.20. The van der Waals surface area contributed by atoms with Gasteiger partial charge < -0.3 is 10.1 Å². The fourth-order valence-electron chi connectivity index (χ4n) is 1.85. The molecule has 0 bridgehead atoms. The molecular weight excluding hydrogens is 238 g/mol. The van der Waals surface area contributed by atoms with Crippen molar-refractivity contribution in [3.05, 3.63) is 23.8 Å². The molecule has 1 aromatic carbocycles. The maximum atomic E-state index is 11.2. The summed E-state index contributed by atoms with van der Waals surface area (Å²) in [5, 5.41) is 2.76. The van der Waals surface area contributed by atoms with Crippen LogP contribution < -0.4 is 10.1 Å². The summed E-state index contributed by atoms with van der Waals surface area (Å²) in [6, 6.07) is 5.71. The van der Waals surface area contributed by atoms with Crippen molar-refractivity contribution in [3.8, 4) is 5.75 Å². The number of ether oxygens (including phenoxy) is 1. The van der Waals surface area contributed by atoms with Crippen LogP contribution in [0.3, 0.4) is 0 Å². The summed E-state index contributed by atoms with van der Waals surface area (Å²) in [6.07, 6.45) is 0.912. The number of hydrogen-bond donors (Lipinski definition) is 1. The fourth-order valence-corrected chi connectivity index (χ4v) is 2.34. The van der Waals surface area contributed by atoms with E-state index in [2.05, 4.69) is 19.2 Å². The first-order chi connectivity index (χ1) is 8.06. The minimum Gasteiger partial charge on any atom is -0.482 e. The molecule has 1 unspecified atom stereocenters. The van der Waals surface area contributed by atoms with Gasteiger partial charge in [0.1, 0.15) is 5.75 Å². The molecule has 0 radical (unpaired) electrons. The van der Waals surface area contributed by atoms with Gasteiger partial charge >= 0.3 is 0 Å². The van der Waals surface area contributed by atoms with Crippen LogP contribution in [0.15, 0.2) is 18.2 Å². The molecule has 1 heterocycles. The molecule has 1 N–H and O–H groups in total. The minimum absolute atomic E-state index is 0.0286. The number of fused-ring (bicyclic) bond motifs is 1. The molecule has 1 aliphatic heterocycles. The second kappa shape index (κ2) is 4.96. The molecule has 1 amide bonds. The zero-order valence-electron chi connectivity index (χ0n) is 10.00. The first-order valence-electron chi connectivity index (χ1n) is 5.77. The number of halogens is 1. The summed E-state index contributed by atoms with van der Waals surface area (Å²) in [4.78, 5) is 11.2. The summed E-state index contributed by atoms with van der Waals surface area (Å²) < 4.78 is 5.30. The molecule has 1 aromatic rings. The summed E-state index contributed by atoms with van der Waals surface area (Å²) in [7, 11) is 0. The van der Waals surface area contributed by atoms with Crippen molar-refractivity contribution < 1.29 is 9.53 Å². The van der Waals surface area contributed by atoms with Gasteiger partial charge in [-0.15, -0.1) is 11.6 Å². The van der Waals surface area contributed by atoms with Gasteiger partial charge in [-0.25, -0.2) is 0 Å². The highest BCUT2D eigenvalue weighted by Gasteiger charge is 2.18. The Bertz CT molecular complexity index is 431. The van der Waals surface area contributed by atoms with Crippen LogP contribution in [0.1, 0.15) is 31.2 Å². The van der Waals surface area contributed by atoms with E-state index in [-0.39, 0.29) is 17.9 Å². The van der Waals surface area contributed by atoms with E-state index in [1.807, 2.05) is 18.2 Å². The lowest BCUT2D eigenvalue weighted by Gasteiger charge is -2.20. The van der Waals surface area contributed by atoms with Gasteiger partial charge in [0.15, 0.2) is 6.61 Å². The smallest absolute Gasteiger partial charge is 0.262 e. The minimum atomic E-state index is -0.121.